The molecule has 0 spiro atoms. The first-order chi connectivity index (χ1) is 12.7. The minimum atomic E-state index is -1.13. The second kappa shape index (κ2) is 7.02. The van der Waals surface area contributed by atoms with Crippen LogP contribution in [0.2, 0.25) is 0 Å². The quantitative estimate of drug-likeness (QED) is 0.855. The maximum absolute atomic E-state index is 12.7. The maximum Gasteiger partial charge on any atom is 0.410 e. The SMILES string of the molecule is COc1cc(C2(O)CC3COCC(C2)N3C(=O)OC(C)(C)C)ccc1C#N. The molecule has 7 nitrogen and oxygen atoms in total. The van der Waals surface area contributed by atoms with Gasteiger partial charge in [0.05, 0.1) is 43.6 Å². The Bertz CT molecular complexity index is 751. The standard InChI is InChI=1S/C20H26N2O5/c1-19(2,3)27-18(23)22-15-8-20(24,9-16(22)12-26-11-15)14-6-5-13(10-21)17(7-14)25-4/h5-7,15-16,24H,8-9,11-12H2,1-4H3. The minimum Gasteiger partial charge on any atom is -0.495 e. The van der Waals surface area contributed by atoms with Crippen molar-refractivity contribution in [1.82, 2.24) is 4.90 Å². The topological polar surface area (TPSA) is 92.0 Å². The molecule has 0 aliphatic carbocycles. The van der Waals surface area contributed by atoms with Gasteiger partial charge in [0.25, 0.3) is 0 Å². The fraction of sp³-hybridized carbons (Fsp3) is 0.600. The average Bonchev–Trinajstić information content (AvgIpc) is 2.58. The van der Waals surface area contributed by atoms with Gasteiger partial charge in [-0.25, -0.2) is 4.79 Å². The number of fused-ring (bicyclic) bond motifs is 2. The van der Waals surface area contributed by atoms with Gasteiger partial charge in [-0.15, -0.1) is 0 Å². The minimum absolute atomic E-state index is 0.279. The van der Waals surface area contributed by atoms with Crippen LogP contribution in [0.3, 0.4) is 0 Å². The summed E-state index contributed by atoms with van der Waals surface area (Å²) in [6.07, 6.45) is 0.288. The molecule has 2 fully saturated rings. The van der Waals surface area contributed by atoms with Crippen molar-refractivity contribution in [2.24, 2.45) is 0 Å². The highest BCUT2D eigenvalue weighted by Crippen LogP contribution is 2.42. The van der Waals surface area contributed by atoms with Crippen LogP contribution in [0.1, 0.15) is 44.7 Å². The first kappa shape index (κ1) is 19.5. The number of aliphatic hydroxyl groups is 1. The van der Waals surface area contributed by atoms with Crippen LogP contribution in [-0.4, -0.2) is 54.1 Å². The van der Waals surface area contributed by atoms with Crippen LogP contribution in [0.4, 0.5) is 4.79 Å². The van der Waals surface area contributed by atoms with Crippen LogP contribution in [0, 0.1) is 11.3 Å². The summed E-state index contributed by atoms with van der Waals surface area (Å²) in [5, 5.41) is 20.6. The van der Waals surface area contributed by atoms with E-state index in [9.17, 15) is 9.90 Å². The van der Waals surface area contributed by atoms with Crippen molar-refractivity contribution in [2.45, 2.75) is 56.9 Å². The second-order valence-corrected chi connectivity index (χ2v) is 8.20. The summed E-state index contributed by atoms with van der Waals surface area (Å²) in [4.78, 5) is 14.4. The third-order valence-corrected chi connectivity index (χ3v) is 5.02. The van der Waals surface area contributed by atoms with Gasteiger partial charge in [0, 0.05) is 12.8 Å². The molecule has 2 saturated heterocycles. The van der Waals surface area contributed by atoms with E-state index in [1.54, 1.807) is 23.1 Å². The smallest absolute Gasteiger partial charge is 0.410 e. The van der Waals surface area contributed by atoms with E-state index in [1.165, 1.54) is 7.11 Å². The molecule has 1 N–H and O–H groups in total. The average molecular weight is 374 g/mol. The lowest BCUT2D eigenvalue weighted by molar-refractivity contribution is -0.141. The van der Waals surface area contributed by atoms with Crippen LogP contribution in [0.25, 0.3) is 0 Å². The number of morpholine rings is 1. The van der Waals surface area contributed by atoms with E-state index < -0.39 is 11.2 Å². The van der Waals surface area contributed by atoms with E-state index in [4.69, 9.17) is 19.5 Å². The molecule has 1 aromatic carbocycles. The molecule has 1 aromatic rings. The van der Waals surface area contributed by atoms with Crippen molar-refractivity contribution in [3.05, 3.63) is 29.3 Å². The van der Waals surface area contributed by atoms with Gasteiger partial charge in [0.1, 0.15) is 17.4 Å². The Morgan fingerprint density at radius 1 is 1.33 bits per heavy atom. The van der Waals surface area contributed by atoms with E-state index >= 15 is 0 Å². The normalized spacial score (nSPS) is 27.6. The van der Waals surface area contributed by atoms with Crippen LogP contribution in [0.15, 0.2) is 18.2 Å². The summed E-state index contributed by atoms with van der Waals surface area (Å²) in [7, 11) is 1.50. The molecule has 0 saturated carbocycles. The molecule has 2 aliphatic rings. The van der Waals surface area contributed by atoms with Gasteiger partial charge < -0.3 is 19.3 Å². The number of piperidine rings is 1. The van der Waals surface area contributed by atoms with E-state index in [1.807, 2.05) is 20.8 Å². The highest BCUT2D eigenvalue weighted by molar-refractivity contribution is 5.69. The summed E-state index contributed by atoms with van der Waals surface area (Å²) in [5.74, 6) is 0.430. The van der Waals surface area contributed by atoms with Crippen molar-refractivity contribution >= 4 is 6.09 Å². The highest BCUT2D eigenvalue weighted by atomic mass is 16.6. The lowest BCUT2D eigenvalue weighted by Gasteiger charge is -2.51. The van der Waals surface area contributed by atoms with E-state index in [-0.39, 0.29) is 18.2 Å². The fourth-order valence-corrected chi connectivity index (χ4v) is 3.90. The third-order valence-electron chi connectivity index (χ3n) is 5.02. The van der Waals surface area contributed by atoms with Gasteiger partial charge in [0.15, 0.2) is 0 Å². The number of carbonyl (C=O) groups is 1. The van der Waals surface area contributed by atoms with Crippen molar-refractivity contribution in [3.8, 4) is 11.8 Å². The molecule has 2 bridgehead atoms. The number of rotatable bonds is 2. The summed E-state index contributed by atoms with van der Waals surface area (Å²) < 4.78 is 16.5. The molecule has 2 heterocycles. The van der Waals surface area contributed by atoms with Crippen LogP contribution >= 0.6 is 0 Å². The molecule has 2 aliphatic heterocycles. The van der Waals surface area contributed by atoms with Gasteiger partial charge in [-0.1, -0.05) is 6.07 Å². The molecule has 3 rings (SSSR count). The van der Waals surface area contributed by atoms with Gasteiger partial charge in [-0.3, -0.25) is 4.90 Å². The molecule has 2 unspecified atom stereocenters. The number of hydrogen-bond donors (Lipinski definition) is 1. The number of amides is 1. The molecule has 27 heavy (non-hydrogen) atoms. The van der Waals surface area contributed by atoms with Gasteiger partial charge >= 0.3 is 6.09 Å². The number of ether oxygens (including phenoxy) is 3. The summed E-state index contributed by atoms with van der Waals surface area (Å²) in [5.41, 5.74) is -0.613. The fourth-order valence-electron chi connectivity index (χ4n) is 3.90. The second-order valence-electron chi connectivity index (χ2n) is 8.20. The first-order valence-electron chi connectivity index (χ1n) is 9.07. The van der Waals surface area contributed by atoms with Crippen LogP contribution in [0.5, 0.6) is 5.75 Å². The Labute approximate surface area is 159 Å². The maximum atomic E-state index is 12.7. The van der Waals surface area contributed by atoms with E-state index in [2.05, 4.69) is 6.07 Å². The van der Waals surface area contributed by atoms with E-state index in [0.717, 1.165) is 0 Å². The zero-order valence-electron chi connectivity index (χ0n) is 16.2. The zero-order valence-corrected chi connectivity index (χ0v) is 16.2. The van der Waals surface area contributed by atoms with Crippen molar-refractivity contribution in [2.75, 3.05) is 20.3 Å². The largest absolute Gasteiger partial charge is 0.495 e. The summed E-state index contributed by atoms with van der Waals surface area (Å²) in [6, 6.07) is 6.63. The number of methoxy groups -OCH3 is 1. The zero-order chi connectivity index (χ0) is 19.8. The predicted octanol–water partition coefficient (Wildman–Crippen LogP) is 2.55. The molecule has 0 aromatic heterocycles. The van der Waals surface area contributed by atoms with Crippen LogP contribution in [-0.2, 0) is 15.1 Å². The monoisotopic (exact) mass is 374 g/mol. The number of hydrogen-bond acceptors (Lipinski definition) is 6. The lowest BCUT2D eigenvalue weighted by Crippen LogP contribution is -2.63. The Morgan fingerprint density at radius 3 is 2.48 bits per heavy atom. The lowest BCUT2D eigenvalue weighted by atomic mass is 9.76. The molecular weight excluding hydrogens is 348 g/mol. The number of nitriles is 1. The predicted molar refractivity (Wildman–Crippen MR) is 97.3 cm³/mol. The highest BCUT2D eigenvalue weighted by Gasteiger charge is 2.50. The van der Waals surface area contributed by atoms with Gasteiger partial charge in [-0.05, 0) is 38.5 Å². The molecule has 7 heteroatoms. The molecule has 0 radical (unpaired) electrons. The molecule has 1 amide bonds. The Balaban J connectivity index is 1.87. The van der Waals surface area contributed by atoms with Crippen LogP contribution < -0.4 is 4.74 Å². The Hall–Kier alpha value is -2.30. The Morgan fingerprint density at radius 2 is 1.96 bits per heavy atom. The van der Waals surface area contributed by atoms with E-state index in [0.29, 0.717) is 42.9 Å². The third kappa shape index (κ3) is 3.87. The van der Waals surface area contributed by atoms with Gasteiger partial charge in [-0.2, -0.15) is 5.26 Å². The summed E-state index contributed by atoms with van der Waals surface area (Å²) >= 11 is 0. The molecular formula is C20H26N2O5. The first-order valence-corrected chi connectivity index (χ1v) is 9.07. The number of carbonyl (C=O) groups excluding carboxylic acids is 1. The Kier molecular flexibility index (Phi) is 5.06. The molecule has 146 valence electrons. The van der Waals surface area contributed by atoms with Gasteiger partial charge in [0.2, 0.25) is 0 Å². The summed E-state index contributed by atoms with van der Waals surface area (Å²) in [6.45, 7) is 6.21. The molecule has 2 atom stereocenters. The van der Waals surface area contributed by atoms with Crippen molar-refractivity contribution in [1.29, 1.82) is 5.26 Å². The number of benzene rings is 1. The van der Waals surface area contributed by atoms with Crippen molar-refractivity contribution in [3.63, 3.8) is 0 Å². The van der Waals surface area contributed by atoms with Crippen molar-refractivity contribution < 1.29 is 24.1 Å². The number of nitrogens with zero attached hydrogens (tertiary/aromatic N) is 2.